The van der Waals surface area contributed by atoms with Crippen molar-refractivity contribution in [1.82, 2.24) is 5.06 Å². The van der Waals surface area contributed by atoms with Crippen molar-refractivity contribution in [2.75, 3.05) is 24.1 Å². The summed E-state index contributed by atoms with van der Waals surface area (Å²) in [6.45, 7) is 2.67. The molecule has 0 aliphatic rings. The predicted molar refractivity (Wildman–Crippen MR) is 52.4 cm³/mol. The number of alkyl halides is 1. The summed E-state index contributed by atoms with van der Waals surface area (Å²) in [6.07, 6.45) is 0.422. The number of nitrogens with zero attached hydrogens (tertiary/aromatic N) is 1. The van der Waals surface area contributed by atoms with Gasteiger partial charge in [-0.2, -0.15) is 5.06 Å². The molecule has 0 aromatic carbocycles. The van der Waals surface area contributed by atoms with Gasteiger partial charge in [0.2, 0.25) is 0 Å². The molecule has 0 atom stereocenters. The maximum Gasteiger partial charge on any atom is 0.306 e. The number of esters is 1. The molecule has 0 N–H and O–H groups in total. The van der Waals surface area contributed by atoms with Crippen LogP contribution in [0, 0.1) is 0 Å². The van der Waals surface area contributed by atoms with Crippen LogP contribution >= 0.6 is 22.6 Å². The van der Waals surface area contributed by atoms with Gasteiger partial charge in [-0.1, -0.05) is 22.6 Å². The van der Waals surface area contributed by atoms with Crippen LogP contribution in [0.15, 0.2) is 0 Å². The van der Waals surface area contributed by atoms with Crippen LogP contribution in [0.4, 0.5) is 0 Å². The summed E-state index contributed by atoms with van der Waals surface area (Å²) in [5, 5.41) is 11.5. The highest BCUT2D eigenvalue weighted by atomic mass is 127. The largest absolute Gasteiger partial charge is 0.464 e. The second-order valence-electron chi connectivity index (χ2n) is 2.18. The summed E-state index contributed by atoms with van der Waals surface area (Å²) >= 11 is 2.10. The van der Waals surface area contributed by atoms with Gasteiger partial charge < -0.3 is 4.74 Å². The van der Waals surface area contributed by atoms with Crippen molar-refractivity contribution < 1.29 is 14.7 Å². The molecule has 0 aromatic heterocycles. The smallest absolute Gasteiger partial charge is 0.306 e. The average Bonchev–Trinajstić information content (AvgIpc) is 2.04. The maximum atomic E-state index is 10.8. The fourth-order valence-corrected chi connectivity index (χ4v) is 1.01. The molecule has 0 fully saturated rings. The Morgan fingerprint density at radius 3 is 2.75 bits per heavy atom. The lowest BCUT2D eigenvalue weighted by Gasteiger charge is -2.08. The Kier molecular flexibility index (Phi) is 7.83. The van der Waals surface area contributed by atoms with Crippen LogP contribution in [0.3, 0.4) is 0 Å². The lowest BCUT2D eigenvalue weighted by atomic mass is 10.5. The van der Waals surface area contributed by atoms with E-state index in [1.165, 1.54) is 0 Å². The molecule has 0 spiro atoms. The lowest BCUT2D eigenvalue weighted by molar-refractivity contribution is -0.167. The summed E-state index contributed by atoms with van der Waals surface area (Å²) in [5.74, 6) is -0.228. The van der Waals surface area contributed by atoms with Gasteiger partial charge in [0.25, 0.3) is 0 Å². The third-order valence-corrected chi connectivity index (χ3v) is 1.79. The minimum Gasteiger partial charge on any atom is -0.464 e. The van der Waals surface area contributed by atoms with Gasteiger partial charge in [0.1, 0.15) is 6.61 Å². The topological polar surface area (TPSA) is 49.4 Å². The second kappa shape index (κ2) is 7.75. The molecule has 0 aliphatic heterocycles. The van der Waals surface area contributed by atoms with Gasteiger partial charge >= 0.3 is 5.97 Å². The molecule has 0 heterocycles. The number of rotatable bonds is 6. The molecular formula is C7H13INO3. The lowest BCUT2D eigenvalue weighted by Crippen LogP contribution is -2.23. The van der Waals surface area contributed by atoms with Gasteiger partial charge in [0.05, 0.1) is 13.0 Å². The highest BCUT2D eigenvalue weighted by Crippen LogP contribution is 1.92. The molecule has 4 nitrogen and oxygen atoms in total. The Balaban J connectivity index is 3.24. The molecule has 0 aliphatic carbocycles. The van der Waals surface area contributed by atoms with Gasteiger partial charge in [-0.15, -0.1) is 5.21 Å². The quantitative estimate of drug-likeness (QED) is 0.317. The number of likely N-dealkylation sites (N-methyl/N-ethyl adjacent to an activating group) is 1. The van der Waals surface area contributed by atoms with E-state index in [1.807, 2.05) is 0 Å². The first-order valence-corrected chi connectivity index (χ1v) is 5.37. The minimum absolute atomic E-state index is 0.201. The number of hydrogen-bond acceptors (Lipinski definition) is 3. The van der Waals surface area contributed by atoms with Crippen molar-refractivity contribution in [2.45, 2.75) is 13.3 Å². The normalized spacial score (nSPS) is 10.3. The number of halogens is 1. The zero-order valence-corrected chi connectivity index (χ0v) is 9.24. The summed E-state index contributed by atoms with van der Waals surface area (Å²) < 4.78 is 5.52. The van der Waals surface area contributed by atoms with E-state index in [0.29, 0.717) is 13.0 Å². The van der Waals surface area contributed by atoms with E-state index in [4.69, 9.17) is 4.74 Å². The third kappa shape index (κ3) is 6.81. The predicted octanol–water partition coefficient (Wildman–Crippen LogP) is 1.02. The Morgan fingerprint density at radius 1 is 1.58 bits per heavy atom. The van der Waals surface area contributed by atoms with E-state index in [-0.39, 0.29) is 19.1 Å². The molecule has 5 heteroatoms. The van der Waals surface area contributed by atoms with Crippen LogP contribution in [0.25, 0.3) is 0 Å². The van der Waals surface area contributed by atoms with Gasteiger partial charge in [0, 0.05) is 11.0 Å². The van der Waals surface area contributed by atoms with E-state index in [2.05, 4.69) is 22.6 Å². The Morgan fingerprint density at radius 2 is 2.25 bits per heavy atom. The van der Waals surface area contributed by atoms with Crippen LogP contribution in [-0.4, -0.2) is 35.2 Å². The summed E-state index contributed by atoms with van der Waals surface area (Å²) in [7, 11) is 0. The first kappa shape index (κ1) is 12.1. The average molecular weight is 286 g/mol. The third-order valence-electron chi connectivity index (χ3n) is 1.26. The standard InChI is InChI=1S/C7H13INO3/c1-2-9(11)5-6-12-7(10)3-4-8/h2-6H2,1H3. The zero-order chi connectivity index (χ0) is 9.40. The molecule has 0 bridgehead atoms. The Bertz CT molecular complexity index is 132. The van der Waals surface area contributed by atoms with E-state index >= 15 is 0 Å². The van der Waals surface area contributed by atoms with E-state index in [9.17, 15) is 10.0 Å². The van der Waals surface area contributed by atoms with Crippen molar-refractivity contribution in [3.05, 3.63) is 0 Å². The van der Waals surface area contributed by atoms with Crippen LogP contribution in [0.5, 0.6) is 0 Å². The number of hydrogen-bond donors (Lipinski definition) is 0. The molecule has 12 heavy (non-hydrogen) atoms. The number of carbonyl (C=O) groups is 1. The first-order chi connectivity index (χ1) is 5.70. The molecule has 0 aromatic rings. The van der Waals surface area contributed by atoms with Crippen molar-refractivity contribution in [2.24, 2.45) is 0 Å². The van der Waals surface area contributed by atoms with Crippen LogP contribution in [0.1, 0.15) is 13.3 Å². The molecule has 0 saturated carbocycles. The van der Waals surface area contributed by atoms with Gasteiger partial charge in [-0.3, -0.25) is 4.79 Å². The van der Waals surface area contributed by atoms with E-state index < -0.39 is 0 Å². The monoisotopic (exact) mass is 286 g/mol. The molecule has 0 amide bonds. The summed E-state index contributed by atoms with van der Waals surface area (Å²) in [5.41, 5.74) is 0. The Labute approximate surface area is 86.0 Å². The Hall–Kier alpha value is 0.120. The van der Waals surface area contributed by atoms with E-state index in [1.54, 1.807) is 6.92 Å². The highest BCUT2D eigenvalue weighted by molar-refractivity contribution is 14.1. The van der Waals surface area contributed by atoms with E-state index in [0.717, 1.165) is 9.49 Å². The van der Waals surface area contributed by atoms with Crippen molar-refractivity contribution >= 4 is 28.6 Å². The van der Waals surface area contributed by atoms with Crippen LogP contribution in [-0.2, 0) is 14.7 Å². The molecule has 0 saturated heterocycles. The molecule has 0 rings (SSSR count). The van der Waals surface area contributed by atoms with Gasteiger partial charge in [-0.25, -0.2) is 0 Å². The molecule has 1 radical (unpaired) electrons. The highest BCUT2D eigenvalue weighted by Gasteiger charge is 2.02. The van der Waals surface area contributed by atoms with Crippen molar-refractivity contribution in [3.63, 3.8) is 0 Å². The SMILES string of the molecule is CCN([O])CCOC(=O)CCI. The number of carbonyl (C=O) groups excluding carboxylic acids is 1. The molecule has 71 valence electrons. The summed E-state index contributed by atoms with van der Waals surface area (Å²) in [6, 6.07) is 0. The second-order valence-corrected chi connectivity index (χ2v) is 3.26. The molecular weight excluding hydrogens is 273 g/mol. The number of hydroxylamine groups is 2. The van der Waals surface area contributed by atoms with Crippen molar-refractivity contribution in [3.8, 4) is 0 Å². The van der Waals surface area contributed by atoms with Crippen molar-refractivity contribution in [1.29, 1.82) is 0 Å². The van der Waals surface area contributed by atoms with Crippen LogP contribution < -0.4 is 0 Å². The summed E-state index contributed by atoms with van der Waals surface area (Å²) in [4.78, 5) is 10.8. The minimum atomic E-state index is -0.228. The zero-order valence-electron chi connectivity index (χ0n) is 7.09. The number of ether oxygens (including phenoxy) is 1. The fourth-order valence-electron chi connectivity index (χ4n) is 0.569. The van der Waals surface area contributed by atoms with Gasteiger partial charge in [0.15, 0.2) is 0 Å². The maximum absolute atomic E-state index is 10.8. The molecule has 0 unspecified atom stereocenters. The van der Waals surface area contributed by atoms with Crippen LogP contribution in [0.2, 0.25) is 0 Å². The van der Waals surface area contributed by atoms with Gasteiger partial charge in [-0.05, 0) is 6.92 Å². The first-order valence-electron chi connectivity index (χ1n) is 3.84. The fraction of sp³-hybridized carbons (Fsp3) is 0.857.